The largest absolute Gasteiger partial charge is 0.387 e. The minimum atomic E-state index is -0.734. The van der Waals surface area contributed by atoms with E-state index in [2.05, 4.69) is 5.32 Å². The molecule has 4 nitrogen and oxygen atoms in total. The van der Waals surface area contributed by atoms with E-state index in [4.69, 9.17) is 0 Å². The van der Waals surface area contributed by atoms with Gasteiger partial charge in [-0.1, -0.05) is 72.8 Å². The lowest BCUT2D eigenvalue weighted by Gasteiger charge is -2.19. The molecule has 2 N–H and O–H groups in total. The van der Waals surface area contributed by atoms with E-state index >= 15 is 0 Å². The van der Waals surface area contributed by atoms with Crippen LogP contribution >= 0.6 is 0 Å². The molecule has 0 aliphatic heterocycles. The van der Waals surface area contributed by atoms with Gasteiger partial charge in [-0.15, -0.1) is 0 Å². The molecule has 0 aliphatic rings. The summed E-state index contributed by atoms with van der Waals surface area (Å²) in [5, 5.41) is 13.3. The number of nitrogens with one attached hydrogen (secondary N) is 1. The molecule has 0 saturated carbocycles. The molecular formula is C25H28N2O2. The van der Waals surface area contributed by atoms with Crippen LogP contribution in [0.4, 0.5) is 5.69 Å². The Labute approximate surface area is 172 Å². The molecule has 3 aromatic rings. The number of aliphatic hydroxyl groups excluding tert-OH is 1. The molecule has 0 fully saturated rings. The molecule has 3 rings (SSSR count). The molecule has 0 radical (unpaired) electrons. The van der Waals surface area contributed by atoms with E-state index in [9.17, 15) is 9.90 Å². The highest BCUT2D eigenvalue weighted by molar-refractivity contribution is 5.77. The van der Waals surface area contributed by atoms with Crippen molar-refractivity contribution in [3.8, 4) is 0 Å². The molecule has 4 heteroatoms. The first kappa shape index (κ1) is 20.6. The van der Waals surface area contributed by atoms with Gasteiger partial charge in [-0.3, -0.25) is 4.79 Å². The number of carbonyl (C=O) groups excluding carboxylic acids is 1. The number of hydrogen-bond donors (Lipinski definition) is 2. The van der Waals surface area contributed by atoms with E-state index < -0.39 is 6.10 Å². The Kier molecular flexibility index (Phi) is 7.04. The van der Waals surface area contributed by atoms with Gasteiger partial charge in [-0.2, -0.15) is 0 Å². The van der Waals surface area contributed by atoms with Gasteiger partial charge in [0.2, 0.25) is 5.91 Å². The summed E-state index contributed by atoms with van der Waals surface area (Å²) in [7, 11) is 3.95. The maximum atomic E-state index is 12.7. The minimum Gasteiger partial charge on any atom is -0.387 e. The van der Waals surface area contributed by atoms with Crippen molar-refractivity contribution >= 4 is 11.6 Å². The van der Waals surface area contributed by atoms with E-state index in [1.54, 1.807) is 0 Å². The summed E-state index contributed by atoms with van der Waals surface area (Å²) in [5.41, 5.74) is 4.07. The second kappa shape index (κ2) is 9.89. The predicted molar refractivity (Wildman–Crippen MR) is 118 cm³/mol. The third-order valence-corrected chi connectivity index (χ3v) is 5.08. The van der Waals surface area contributed by atoms with Gasteiger partial charge in [0.25, 0.3) is 0 Å². The topological polar surface area (TPSA) is 52.6 Å². The summed E-state index contributed by atoms with van der Waals surface area (Å²) in [6.07, 6.45) is -0.401. The Bertz CT molecular complexity index is 854. The van der Waals surface area contributed by atoms with E-state index in [1.807, 2.05) is 104 Å². The molecule has 29 heavy (non-hydrogen) atoms. The van der Waals surface area contributed by atoms with Gasteiger partial charge in [-0.25, -0.2) is 0 Å². The van der Waals surface area contributed by atoms with Crippen LogP contribution in [0.2, 0.25) is 0 Å². The van der Waals surface area contributed by atoms with Crippen LogP contribution < -0.4 is 10.2 Å². The number of anilines is 1. The smallest absolute Gasteiger partial charge is 0.221 e. The van der Waals surface area contributed by atoms with Gasteiger partial charge in [0, 0.05) is 38.7 Å². The fourth-order valence-electron chi connectivity index (χ4n) is 3.38. The van der Waals surface area contributed by atoms with E-state index in [1.165, 1.54) is 0 Å². The number of amides is 1. The zero-order valence-corrected chi connectivity index (χ0v) is 17.0. The Hall–Kier alpha value is -3.11. The van der Waals surface area contributed by atoms with Crippen molar-refractivity contribution in [3.05, 3.63) is 102 Å². The average molecular weight is 389 g/mol. The molecule has 1 atom stereocenters. The lowest BCUT2D eigenvalue weighted by Crippen LogP contribution is -2.29. The molecular weight excluding hydrogens is 360 g/mol. The van der Waals surface area contributed by atoms with E-state index in [0.717, 1.165) is 22.4 Å². The zero-order valence-electron chi connectivity index (χ0n) is 17.0. The molecule has 0 bridgehead atoms. The average Bonchev–Trinajstić information content (AvgIpc) is 2.77. The highest BCUT2D eigenvalue weighted by Crippen LogP contribution is 2.27. The van der Waals surface area contributed by atoms with Crippen molar-refractivity contribution in [1.82, 2.24) is 5.32 Å². The monoisotopic (exact) mass is 388 g/mol. The number of rotatable bonds is 8. The molecule has 0 aliphatic carbocycles. The Morgan fingerprint density at radius 3 is 1.83 bits per heavy atom. The minimum absolute atomic E-state index is 0.0195. The SMILES string of the molecule is CN(C)c1ccc([C@H](O)CNC(=O)CC(c2ccccc2)c2ccccc2)cc1. The van der Waals surface area contributed by atoms with Gasteiger partial charge >= 0.3 is 0 Å². The summed E-state index contributed by atoms with van der Waals surface area (Å²) in [4.78, 5) is 14.7. The molecule has 150 valence electrons. The standard InChI is InChI=1S/C25H28N2O2/c1-27(2)22-15-13-21(14-16-22)24(28)18-26-25(29)17-23(19-9-5-3-6-10-19)20-11-7-4-8-12-20/h3-16,23-24,28H,17-18H2,1-2H3,(H,26,29)/t24-/m1/s1. The van der Waals surface area contributed by atoms with Crippen LogP contribution in [0.25, 0.3) is 0 Å². The first-order valence-electron chi connectivity index (χ1n) is 9.86. The fraction of sp³-hybridized carbons (Fsp3) is 0.240. The van der Waals surface area contributed by atoms with Crippen LogP contribution in [0, 0.1) is 0 Å². The summed E-state index contributed by atoms with van der Waals surface area (Å²) >= 11 is 0. The van der Waals surface area contributed by atoms with Crippen molar-refractivity contribution in [2.75, 3.05) is 25.5 Å². The van der Waals surface area contributed by atoms with Crippen molar-refractivity contribution < 1.29 is 9.90 Å². The maximum Gasteiger partial charge on any atom is 0.221 e. The van der Waals surface area contributed by atoms with Crippen molar-refractivity contribution in [1.29, 1.82) is 0 Å². The van der Waals surface area contributed by atoms with Crippen molar-refractivity contribution in [2.24, 2.45) is 0 Å². The Morgan fingerprint density at radius 1 is 0.828 bits per heavy atom. The van der Waals surface area contributed by atoms with E-state index in [0.29, 0.717) is 6.42 Å². The molecule has 0 unspecified atom stereocenters. The number of nitrogens with zero attached hydrogens (tertiary/aromatic N) is 1. The fourth-order valence-corrected chi connectivity index (χ4v) is 3.38. The third-order valence-electron chi connectivity index (χ3n) is 5.08. The first-order chi connectivity index (χ1) is 14.0. The number of carbonyl (C=O) groups is 1. The van der Waals surface area contributed by atoms with Gasteiger partial charge in [-0.05, 0) is 28.8 Å². The van der Waals surface area contributed by atoms with Crippen LogP contribution in [0.15, 0.2) is 84.9 Å². The lowest BCUT2D eigenvalue weighted by molar-refractivity contribution is -0.121. The highest BCUT2D eigenvalue weighted by atomic mass is 16.3. The van der Waals surface area contributed by atoms with Crippen LogP contribution in [-0.4, -0.2) is 31.7 Å². The second-order valence-electron chi connectivity index (χ2n) is 7.38. The zero-order chi connectivity index (χ0) is 20.6. The second-order valence-corrected chi connectivity index (χ2v) is 7.38. The van der Waals surface area contributed by atoms with Crippen molar-refractivity contribution in [2.45, 2.75) is 18.4 Å². The Balaban J connectivity index is 1.63. The third kappa shape index (κ3) is 5.69. The summed E-state index contributed by atoms with van der Waals surface area (Å²) in [6, 6.07) is 27.8. The normalized spacial score (nSPS) is 11.9. The lowest BCUT2D eigenvalue weighted by atomic mass is 9.88. The first-order valence-corrected chi connectivity index (χ1v) is 9.86. The summed E-state index contributed by atoms with van der Waals surface area (Å²) < 4.78 is 0. The predicted octanol–water partition coefficient (Wildman–Crippen LogP) is 4.12. The van der Waals surface area contributed by atoms with Crippen LogP contribution in [0.5, 0.6) is 0 Å². The highest BCUT2D eigenvalue weighted by Gasteiger charge is 2.19. The van der Waals surface area contributed by atoms with Crippen LogP contribution in [0.3, 0.4) is 0 Å². The quantitative estimate of drug-likeness (QED) is 0.610. The number of aliphatic hydroxyl groups is 1. The molecule has 3 aromatic carbocycles. The van der Waals surface area contributed by atoms with E-state index in [-0.39, 0.29) is 18.4 Å². The van der Waals surface area contributed by atoms with Gasteiger partial charge in [0.05, 0.1) is 6.10 Å². The molecule has 0 heterocycles. The molecule has 1 amide bonds. The number of benzene rings is 3. The van der Waals surface area contributed by atoms with Crippen LogP contribution in [-0.2, 0) is 4.79 Å². The molecule has 0 saturated heterocycles. The number of hydrogen-bond acceptors (Lipinski definition) is 3. The van der Waals surface area contributed by atoms with Gasteiger partial charge in [0.15, 0.2) is 0 Å². The van der Waals surface area contributed by atoms with Crippen LogP contribution in [0.1, 0.15) is 35.1 Å². The molecule has 0 spiro atoms. The Morgan fingerprint density at radius 2 is 1.34 bits per heavy atom. The molecule has 0 aromatic heterocycles. The summed E-state index contributed by atoms with van der Waals surface area (Å²) in [5.74, 6) is -0.0967. The van der Waals surface area contributed by atoms with Gasteiger partial charge in [0.1, 0.15) is 0 Å². The summed E-state index contributed by atoms with van der Waals surface area (Å²) in [6.45, 7) is 0.191. The maximum absolute atomic E-state index is 12.7. The van der Waals surface area contributed by atoms with Gasteiger partial charge < -0.3 is 15.3 Å². The van der Waals surface area contributed by atoms with Crippen molar-refractivity contribution in [3.63, 3.8) is 0 Å².